The Hall–Kier alpha value is -1.60. The molecular weight excluding hydrogens is 321 g/mol. The van der Waals surface area contributed by atoms with Crippen LogP contribution in [-0.4, -0.2) is 24.7 Å². The van der Waals surface area contributed by atoms with Crippen LogP contribution in [0, 0.1) is 5.92 Å². The number of alkyl halides is 3. The van der Waals surface area contributed by atoms with Crippen molar-refractivity contribution in [3.63, 3.8) is 0 Å². The number of rotatable bonds is 6. The number of halogens is 3. The van der Waals surface area contributed by atoms with E-state index in [2.05, 4.69) is 10.1 Å². The molecule has 0 aromatic heterocycles. The normalized spacial score (nSPS) is 21.5. The fraction of sp³-hybridized carbons (Fsp3) is 0.588. The lowest BCUT2D eigenvalue weighted by atomic mass is 9.85. The van der Waals surface area contributed by atoms with E-state index in [0.717, 1.165) is 31.2 Å². The van der Waals surface area contributed by atoms with Crippen molar-refractivity contribution in [3.05, 3.63) is 35.4 Å². The summed E-state index contributed by atoms with van der Waals surface area (Å²) in [5.41, 5.74) is 7.44. The number of benzene rings is 1. The summed E-state index contributed by atoms with van der Waals surface area (Å²) in [5.74, 6) is -0.00784. The maximum atomic E-state index is 12.1. The highest BCUT2D eigenvalue weighted by Gasteiger charge is 2.27. The van der Waals surface area contributed by atoms with E-state index in [9.17, 15) is 18.0 Å². The Labute approximate surface area is 139 Å². The quantitative estimate of drug-likeness (QED) is 0.834. The molecule has 134 valence electrons. The van der Waals surface area contributed by atoms with Crippen molar-refractivity contribution in [3.8, 4) is 0 Å². The Morgan fingerprint density at radius 1 is 1.21 bits per heavy atom. The number of nitrogens with one attached hydrogen (secondary N) is 1. The predicted molar refractivity (Wildman–Crippen MR) is 83.9 cm³/mol. The van der Waals surface area contributed by atoms with Crippen LogP contribution in [0.4, 0.5) is 13.2 Å². The number of carbonyl (C=O) groups excluding carboxylic acids is 1. The van der Waals surface area contributed by atoms with Gasteiger partial charge in [0.2, 0.25) is 5.91 Å². The molecule has 3 N–H and O–H groups in total. The molecule has 1 saturated carbocycles. The second-order valence-electron chi connectivity index (χ2n) is 6.27. The molecule has 0 heterocycles. The largest absolute Gasteiger partial charge is 0.411 e. The number of ether oxygens (including phenoxy) is 1. The number of carbonyl (C=O) groups is 1. The van der Waals surface area contributed by atoms with Gasteiger partial charge in [-0.15, -0.1) is 0 Å². The maximum absolute atomic E-state index is 12.1. The molecule has 1 aliphatic carbocycles. The lowest BCUT2D eigenvalue weighted by molar-refractivity contribution is -0.176. The van der Waals surface area contributed by atoms with Gasteiger partial charge in [0.15, 0.2) is 0 Å². The molecule has 2 rings (SSSR count). The molecule has 1 aliphatic rings. The van der Waals surface area contributed by atoms with Crippen LogP contribution >= 0.6 is 0 Å². The Morgan fingerprint density at radius 3 is 2.50 bits per heavy atom. The van der Waals surface area contributed by atoms with Gasteiger partial charge >= 0.3 is 6.18 Å². The van der Waals surface area contributed by atoms with Gasteiger partial charge in [-0.2, -0.15) is 13.2 Å². The summed E-state index contributed by atoms with van der Waals surface area (Å²) in [6, 6.07) is 7.06. The first-order chi connectivity index (χ1) is 11.3. The molecule has 0 radical (unpaired) electrons. The van der Waals surface area contributed by atoms with Crippen molar-refractivity contribution in [2.75, 3.05) is 6.61 Å². The fourth-order valence-corrected chi connectivity index (χ4v) is 2.84. The minimum absolute atomic E-state index is 0.0164. The average Bonchev–Trinajstić information content (AvgIpc) is 2.52. The number of nitrogens with two attached hydrogens (primary N) is 1. The first-order valence-corrected chi connectivity index (χ1v) is 8.09. The molecule has 1 aromatic carbocycles. The Morgan fingerprint density at radius 2 is 1.88 bits per heavy atom. The number of hydrogen-bond acceptors (Lipinski definition) is 3. The van der Waals surface area contributed by atoms with Crippen molar-refractivity contribution in [2.45, 2.75) is 51.1 Å². The third kappa shape index (κ3) is 6.49. The molecule has 0 aliphatic heterocycles. The van der Waals surface area contributed by atoms with E-state index < -0.39 is 12.8 Å². The van der Waals surface area contributed by atoms with Crippen molar-refractivity contribution < 1.29 is 22.7 Å². The van der Waals surface area contributed by atoms with E-state index in [-0.39, 0.29) is 24.5 Å². The first-order valence-electron chi connectivity index (χ1n) is 8.09. The van der Waals surface area contributed by atoms with Crippen LogP contribution in [0.5, 0.6) is 0 Å². The summed E-state index contributed by atoms with van der Waals surface area (Å²) in [6.07, 6.45) is -0.768. The van der Waals surface area contributed by atoms with Crippen molar-refractivity contribution >= 4 is 5.91 Å². The van der Waals surface area contributed by atoms with E-state index in [1.807, 2.05) is 0 Å². The topological polar surface area (TPSA) is 64.4 Å². The third-order valence-electron chi connectivity index (χ3n) is 4.11. The molecule has 1 aromatic rings. The molecule has 0 saturated heterocycles. The zero-order chi connectivity index (χ0) is 17.6. The molecule has 7 heteroatoms. The van der Waals surface area contributed by atoms with E-state index in [0.29, 0.717) is 12.1 Å². The zero-order valence-electron chi connectivity index (χ0n) is 13.4. The van der Waals surface area contributed by atoms with Crippen molar-refractivity contribution in [2.24, 2.45) is 11.7 Å². The Balaban J connectivity index is 1.74. The smallest absolute Gasteiger partial charge is 0.367 e. The highest BCUT2D eigenvalue weighted by molar-refractivity contribution is 5.78. The van der Waals surface area contributed by atoms with Gasteiger partial charge in [-0.05, 0) is 30.4 Å². The zero-order valence-corrected chi connectivity index (χ0v) is 13.4. The molecule has 0 spiro atoms. The van der Waals surface area contributed by atoms with Crippen LogP contribution in [-0.2, 0) is 22.7 Å². The minimum Gasteiger partial charge on any atom is -0.367 e. The van der Waals surface area contributed by atoms with Crippen LogP contribution in [0.1, 0.15) is 36.8 Å². The summed E-state index contributed by atoms with van der Waals surface area (Å²) in [4.78, 5) is 12.1. The van der Waals surface area contributed by atoms with Crippen molar-refractivity contribution in [1.29, 1.82) is 0 Å². The van der Waals surface area contributed by atoms with E-state index in [4.69, 9.17) is 5.73 Å². The minimum atomic E-state index is -4.31. The summed E-state index contributed by atoms with van der Waals surface area (Å²) in [5, 5.41) is 2.90. The van der Waals surface area contributed by atoms with Crippen LogP contribution in [0.2, 0.25) is 0 Å². The SMILES string of the molecule is NC1CCCC(C(=O)NCc2ccc(COCC(F)(F)F)cc2)C1. The van der Waals surface area contributed by atoms with Gasteiger partial charge < -0.3 is 15.8 Å². The van der Waals surface area contributed by atoms with Gasteiger partial charge in [0.05, 0.1) is 6.61 Å². The predicted octanol–water partition coefficient (Wildman–Crippen LogP) is 2.90. The van der Waals surface area contributed by atoms with Crippen LogP contribution in [0.3, 0.4) is 0 Å². The van der Waals surface area contributed by atoms with Crippen LogP contribution in [0.15, 0.2) is 24.3 Å². The van der Waals surface area contributed by atoms with E-state index >= 15 is 0 Å². The third-order valence-corrected chi connectivity index (χ3v) is 4.11. The molecular formula is C17H23F3N2O2. The second kappa shape index (κ2) is 8.48. The van der Waals surface area contributed by atoms with Crippen LogP contribution < -0.4 is 11.1 Å². The van der Waals surface area contributed by atoms with Gasteiger partial charge in [-0.3, -0.25) is 4.79 Å². The Kier molecular flexibility index (Phi) is 6.62. The molecule has 1 amide bonds. The fourth-order valence-electron chi connectivity index (χ4n) is 2.84. The lowest BCUT2D eigenvalue weighted by Crippen LogP contribution is -2.37. The highest BCUT2D eigenvalue weighted by atomic mass is 19.4. The summed E-state index contributed by atoms with van der Waals surface area (Å²) in [6.45, 7) is -0.950. The Bertz CT molecular complexity index is 532. The average molecular weight is 344 g/mol. The second-order valence-corrected chi connectivity index (χ2v) is 6.27. The molecule has 0 bridgehead atoms. The van der Waals surface area contributed by atoms with Crippen LogP contribution in [0.25, 0.3) is 0 Å². The molecule has 4 nitrogen and oxygen atoms in total. The summed E-state index contributed by atoms with van der Waals surface area (Å²) in [7, 11) is 0. The van der Waals surface area contributed by atoms with Gasteiger partial charge in [0.1, 0.15) is 6.61 Å². The highest BCUT2D eigenvalue weighted by Crippen LogP contribution is 2.23. The van der Waals surface area contributed by atoms with Crippen molar-refractivity contribution in [1.82, 2.24) is 5.32 Å². The number of amides is 1. The maximum Gasteiger partial charge on any atom is 0.411 e. The molecule has 24 heavy (non-hydrogen) atoms. The standard InChI is InChI=1S/C17H23F3N2O2/c18-17(19,20)11-24-10-13-6-4-12(5-7-13)9-22-16(23)14-2-1-3-15(21)8-14/h4-7,14-15H,1-3,8-11,21H2,(H,22,23). The number of hydrogen-bond donors (Lipinski definition) is 2. The molecule has 2 unspecified atom stereocenters. The summed E-state index contributed by atoms with van der Waals surface area (Å²) < 4.78 is 40.6. The van der Waals surface area contributed by atoms with Gasteiger partial charge in [0.25, 0.3) is 0 Å². The first kappa shape index (κ1) is 18.7. The molecule has 1 fully saturated rings. The molecule has 2 atom stereocenters. The summed E-state index contributed by atoms with van der Waals surface area (Å²) >= 11 is 0. The van der Waals surface area contributed by atoms with E-state index in [1.54, 1.807) is 24.3 Å². The van der Waals surface area contributed by atoms with Gasteiger partial charge in [-0.25, -0.2) is 0 Å². The monoisotopic (exact) mass is 344 g/mol. The lowest BCUT2D eigenvalue weighted by Gasteiger charge is -2.25. The van der Waals surface area contributed by atoms with Gasteiger partial charge in [0, 0.05) is 18.5 Å². The van der Waals surface area contributed by atoms with Gasteiger partial charge in [-0.1, -0.05) is 30.7 Å². The van der Waals surface area contributed by atoms with E-state index in [1.165, 1.54) is 0 Å².